The second kappa shape index (κ2) is 6.64. The van der Waals surface area contributed by atoms with Crippen molar-refractivity contribution in [3.8, 4) is 5.75 Å². The van der Waals surface area contributed by atoms with Gasteiger partial charge in [-0.25, -0.2) is 4.79 Å². The van der Waals surface area contributed by atoms with Gasteiger partial charge in [0.15, 0.2) is 6.73 Å². The Morgan fingerprint density at radius 3 is 2.85 bits per heavy atom. The standard InChI is InChI=1S/C16H24N2O2/c1-12-7-8-15(10-13(12)2)20-11-17-16(19)18-9-5-4-6-14(18)3/h7-8,10,14H,4-6,9,11H2,1-3H3,(H,17,19). The van der Waals surface area contributed by atoms with Crippen molar-refractivity contribution in [2.45, 2.75) is 46.1 Å². The van der Waals surface area contributed by atoms with E-state index in [2.05, 4.69) is 26.1 Å². The van der Waals surface area contributed by atoms with Gasteiger partial charge in [0.25, 0.3) is 0 Å². The summed E-state index contributed by atoms with van der Waals surface area (Å²) >= 11 is 0. The Morgan fingerprint density at radius 1 is 1.35 bits per heavy atom. The molecule has 1 heterocycles. The van der Waals surface area contributed by atoms with Crippen LogP contribution in [0, 0.1) is 13.8 Å². The molecule has 0 bridgehead atoms. The topological polar surface area (TPSA) is 41.6 Å². The Bertz CT molecular complexity index is 474. The predicted molar refractivity (Wildman–Crippen MR) is 80.0 cm³/mol. The summed E-state index contributed by atoms with van der Waals surface area (Å²) in [6.45, 7) is 7.28. The van der Waals surface area contributed by atoms with Crippen LogP contribution in [0.15, 0.2) is 18.2 Å². The number of nitrogens with zero attached hydrogens (tertiary/aromatic N) is 1. The van der Waals surface area contributed by atoms with Gasteiger partial charge in [-0.15, -0.1) is 0 Å². The Morgan fingerprint density at radius 2 is 2.15 bits per heavy atom. The normalized spacial score (nSPS) is 18.8. The Labute approximate surface area is 121 Å². The van der Waals surface area contributed by atoms with Crippen molar-refractivity contribution in [3.63, 3.8) is 0 Å². The summed E-state index contributed by atoms with van der Waals surface area (Å²) in [7, 11) is 0. The third kappa shape index (κ3) is 3.65. The minimum atomic E-state index is -0.0268. The molecule has 0 aromatic heterocycles. The molecular formula is C16H24N2O2. The summed E-state index contributed by atoms with van der Waals surface area (Å²) in [5.41, 5.74) is 2.43. The van der Waals surface area contributed by atoms with Gasteiger partial charge >= 0.3 is 6.03 Å². The lowest BCUT2D eigenvalue weighted by molar-refractivity contribution is 0.149. The van der Waals surface area contributed by atoms with Crippen molar-refractivity contribution in [1.29, 1.82) is 0 Å². The zero-order valence-corrected chi connectivity index (χ0v) is 12.6. The number of aryl methyl sites for hydroxylation is 2. The van der Waals surface area contributed by atoms with Crippen LogP contribution in [0.4, 0.5) is 4.79 Å². The molecule has 1 aliphatic heterocycles. The van der Waals surface area contributed by atoms with Crippen LogP contribution in [0.1, 0.15) is 37.3 Å². The van der Waals surface area contributed by atoms with Crippen LogP contribution in [-0.4, -0.2) is 30.2 Å². The van der Waals surface area contributed by atoms with E-state index in [4.69, 9.17) is 4.74 Å². The molecule has 0 spiro atoms. The average molecular weight is 276 g/mol. The molecule has 0 aliphatic carbocycles. The number of benzene rings is 1. The minimum absolute atomic E-state index is 0.0268. The Kier molecular flexibility index (Phi) is 4.88. The van der Waals surface area contributed by atoms with Crippen molar-refractivity contribution >= 4 is 6.03 Å². The van der Waals surface area contributed by atoms with Crippen molar-refractivity contribution in [1.82, 2.24) is 10.2 Å². The van der Waals surface area contributed by atoms with Crippen LogP contribution in [-0.2, 0) is 0 Å². The summed E-state index contributed by atoms with van der Waals surface area (Å²) in [5, 5.41) is 2.83. The number of nitrogens with one attached hydrogen (secondary N) is 1. The summed E-state index contributed by atoms with van der Waals surface area (Å²) in [4.78, 5) is 14.0. The van der Waals surface area contributed by atoms with E-state index >= 15 is 0 Å². The van der Waals surface area contributed by atoms with Crippen molar-refractivity contribution in [2.24, 2.45) is 0 Å². The molecule has 110 valence electrons. The molecule has 1 aliphatic rings. The summed E-state index contributed by atoms with van der Waals surface area (Å²) in [6, 6.07) is 6.24. The molecule has 1 atom stereocenters. The fourth-order valence-electron chi connectivity index (χ4n) is 2.49. The first kappa shape index (κ1) is 14.7. The molecule has 1 aromatic carbocycles. The van der Waals surface area contributed by atoms with Gasteiger partial charge in [-0.2, -0.15) is 0 Å². The van der Waals surface area contributed by atoms with Crippen LogP contribution in [0.25, 0.3) is 0 Å². The number of carbonyl (C=O) groups is 1. The van der Waals surface area contributed by atoms with Crippen molar-refractivity contribution in [2.75, 3.05) is 13.3 Å². The number of ether oxygens (including phenoxy) is 1. The van der Waals surface area contributed by atoms with Gasteiger partial charge in [0, 0.05) is 12.6 Å². The zero-order chi connectivity index (χ0) is 14.5. The lowest BCUT2D eigenvalue weighted by Crippen LogP contribution is -2.48. The third-order valence-electron chi connectivity index (χ3n) is 4.00. The van der Waals surface area contributed by atoms with E-state index in [-0.39, 0.29) is 12.8 Å². The van der Waals surface area contributed by atoms with Crippen LogP contribution in [0.5, 0.6) is 5.75 Å². The lowest BCUT2D eigenvalue weighted by Gasteiger charge is -2.33. The highest BCUT2D eigenvalue weighted by Gasteiger charge is 2.22. The number of amides is 2. The van der Waals surface area contributed by atoms with Gasteiger partial charge in [0.1, 0.15) is 5.75 Å². The van der Waals surface area contributed by atoms with Crippen molar-refractivity contribution in [3.05, 3.63) is 29.3 Å². The van der Waals surface area contributed by atoms with Crippen LogP contribution >= 0.6 is 0 Å². The number of carbonyl (C=O) groups excluding carboxylic acids is 1. The molecule has 4 nitrogen and oxygen atoms in total. The van der Waals surface area contributed by atoms with E-state index < -0.39 is 0 Å². The molecule has 1 N–H and O–H groups in total. The first-order valence-corrected chi connectivity index (χ1v) is 7.32. The fourth-order valence-corrected chi connectivity index (χ4v) is 2.49. The molecule has 0 saturated carbocycles. The predicted octanol–water partition coefficient (Wildman–Crippen LogP) is 3.22. The summed E-state index contributed by atoms with van der Waals surface area (Å²) < 4.78 is 5.58. The molecule has 1 aromatic rings. The van der Waals surface area contributed by atoms with Crippen LogP contribution in [0.3, 0.4) is 0 Å². The number of piperidine rings is 1. The van der Waals surface area contributed by atoms with Gasteiger partial charge < -0.3 is 15.0 Å². The quantitative estimate of drug-likeness (QED) is 0.861. The van der Waals surface area contributed by atoms with E-state index in [1.54, 1.807) is 0 Å². The average Bonchev–Trinajstić information content (AvgIpc) is 2.43. The molecule has 2 amide bonds. The summed E-state index contributed by atoms with van der Waals surface area (Å²) in [5.74, 6) is 0.792. The maximum absolute atomic E-state index is 12.1. The van der Waals surface area contributed by atoms with E-state index in [1.165, 1.54) is 17.5 Å². The largest absolute Gasteiger partial charge is 0.473 e. The number of likely N-dealkylation sites (tertiary alicyclic amines) is 1. The number of rotatable bonds is 3. The lowest BCUT2D eigenvalue weighted by atomic mass is 10.0. The van der Waals surface area contributed by atoms with E-state index in [1.807, 2.05) is 23.1 Å². The molecule has 1 saturated heterocycles. The van der Waals surface area contributed by atoms with Crippen molar-refractivity contribution < 1.29 is 9.53 Å². The van der Waals surface area contributed by atoms with E-state index in [9.17, 15) is 4.79 Å². The first-order valence-electron chi connectivity index (χ1n) is 7.32. The fraction of sp³-hybridized carbons (Fsp3) is 0.562. The van der Waals surface area contributed by atoms with E-state index in [0.29, 0.717) is 6.04 Å². The minimum Gasteiger partial charge on any atom is -0.473 e. The van der Waals surface area contributed by atoms with Gasteiger partial charge in [-0.3, -0.25) is 0 Å². The molecule has 20 heavy (non-hydrogen) atoms. The van der Waals surface area contributed by atoms with Gasteiger partial charge in [-0.1, -0.05) is 6.07 Å². The monoisotopic (exact) mass is 276 g/mol. The Balaban J connectivity index is 1.80. The highest BCUT2D eigenvalue weighted by Crippen LogP contribution is 2.17. The second-order valence-electron chi connectivity index (χ2n) is 5.55. The van der Waals surface area contributed by atoms with Gasteiger partial charge in [0.05, 0.1) is 0 Å². The zero-order valence-electron chi connectivity index (χ0n) is 12.6. The first-order chi connectivity index (χ1) is 9.58. The maximum atomic E-state index is 12.1. The number of hydrogen-bond acceptors (Lipinski definition) is 2. The van der Waals surface area contributed by atoms with Gasteiger partial charge in [-0.05, 0) is 63.3 Å². The van der Waals surface area contributed by atoms with Crippen LogP contribution < -0.4 is 10.1 Å². The molecule has 1 fully saturated rings. The smallest absolute Gasteiger partial charge is 0.320 e. The summed E-state index contributed by atoms with van der Waals surface area (Å²) in [6.07, 6.45) is 3.39. The molecular weight excluding hydrogens is 252 g/mol. The second-order valence-corrected chi connectivity index (χ2v) is 5.55. The molecule has 2 rings (SSSR count). The molecule has 0 radical (unpaired) electrons. The highest BCUT2D eigenvalue weighted by molar-refractivity contribution is 5.74. The number of hydrogen-bond donors (Lipinski definition) is 1. The third-order valence-corrected chi connectivity index (χ3v) is 4.00. The van der Waals surface area contributed by atoms with Crippen LogP contribution in [0.2, 0.25) is 0 Å². The maximum Gasteiger partial charge on any atom is 0.320 e. The van der Waals surface area contributed by atoms with Gasteiger partial charge in [0.2, 0.25) is 0 Å². The molecule has 4 heteroatoms. The van der Waals surface area contributed by atoms with E-state index in [0.717, 1.165) is 25.1 Å². The molecule has 1 unspecified atom stereocenters. The Hall–Kier alpha value is -1.71. The SMILES string of the molecule is Cc1ccc(OCNC(=O)N2CCCCC2C)cc1C. The highest BCUT2D eigenvalue weighted by atomic mass is 16.5. The number of urea groups is 1.